The Hall–Kier alpha value is -0.980. The van der Waals surface area contributed by atoms with Crippen LogP contribution in [0.4, 0.5) is 0 Å². The lowest BCUT2D eigenvalue weighted by Gasteiger charge is -2.37. The van der Waals surface area contributed by atoms with Crippen LogP contribution in [-0.4, -0.2) is 35.3 Å². The number of nitrogens with two attached hydrogens (primary N) is 1. The molecule has 0 bridgehead atoms. The van der Waals surface area contributed by atoms with Crippen molar-refractivity contribution in [2.24, 2.45) is 5.73 Å². The first-order valence-electron chi connectivity index (χ1n) is 4.76. The van der Waals surface area contributed by atoms with Crippen LogP contribution in [0.3, 0.4) is 0 Å². The number of halogens is 1. The minimum absolute atomic E-state index is 0.531. The van der Waals surface area contributed by atoms with Crippen molar-refractivity contribution in [2.45, 2.75) is 6.54 Å². The van der Waals surface area contributed by atoms with Crippen molar-refractivity contribution < 1.29 is 4.74 Å². The summed E-state index contributed by atoms with van der Waals surface area (Å²) < 4.78 is 5.97. The van der Waals surface area contributed by atoms with Crippen molar-refractivity contribution in [1.29, 1.82) is 0 Å². The van der Waals surface area contributed by atoms with Crippen LogP contribution >= 0.6 is 22.9 Å². The highest BCUT2D eigenvalue weighted by atomic mass is 35.5. The molecule has 1 aromatic heterocycles. The number of thiazole rings is 1. The molecule has 0 unspecified atom stereocenters. The molecule has 2 heterocycles. The van der Waals surface area contributed by atoms with Crippen molar-refractivity contribution >= 4 is 22.9 Å². The largest absolute Gasteiger partial charge is 0.402 e. The molecule has 0 aliphatic carbocycles. The predicted octanol–water partition coefficient (Wildman–Crippen LogP) is 1.23. The maximum Gasteiger partial charge on any atom is 0.183 e. The highest BCUT2D eigenvalue weighted by Crippen LogP contribution is 2.22. The first kappa shape index (κ1) is 11.5. The summed E-state index contributed by atoms with van der Waals surface area (Å²) >= 11 is 7.25. The minimum Gasteiger partial charge on any atom is -0.402 e. The molecular weight excluding hydrogens is 248 g/mol. The summed E-state index contributed by atoms with van der Waals surface area (Å²) in [5.74, 6) is 0.954. The Kier molecular flexibility index (Phi) is 3.52. The normalized spacial score (nSPS) is 19.5. The van der Waals surface area contributed by atoms with Crippen molar-refractivity contribution in [3.63, 3.8) is 0 Å². The van der Waals surface area contributed by atoms with Gasteiger partial charge < -0.3 is 20.3 Å². The van der Waals surface area contributed by atoms with Gasteiger partial charge in [0, 0.05) is 24.3 Å². The molecule has 0 aromatic carbocycles. The zero-order valence-corrected chi connectivity index (χ0v) is 10.5. The third-order valence-corrected chi connectivity index (χ3v) is 3.37. The van der Waals surface area contributed by atoms with Gasteiger partial charge in [-0.3, -0.25) is 0 Å². The molecule has 7 heteroatoms. The number of ether oxygens (including phenoxy) is 1. The quantitative estimate of drug-likeness (QED) is 0.867. The smallest absolute Gasteiger partial charge is 0.183 e. The molecule has 0 atom stereocenters. The first-order valence-corrected chi connectivity index (χ1v) is 5.96. The third-order valence-electron chi connectivity index (χ3n) is 2.27. The van der Waals surface area contributed by atoms with E-state index in [1.54, 1.807) is 12.4 Å². The third kappa shape index (κ3) is 2.40. The number of nitrogens with zero attached hydrogens (tertiary/aromatic N) is 3. The Bertz CT molecular complexity index is 395. The van der Waals surface area contributed by atoms with Crippen LogP contribution < -0.4 is 5.73 Å². The van der Waals surface area contributed by atoms with Gasteiger partial charge >= 0.3 is 0 Å². The second kappa shape index (κ2) is 4.90. The molecule has 0 saturated carbocycles. The van der Waals surface area contributed by atoms with E-state index < -0.39 is 0 Å². The van der Waals surface area contributed by atoms with Crippen LogP contribution in [0.15, 0.2) is 18.2 Å². The molecule has 2 N–H and O–H groups in total. The zero-order valence-electron chi connectivity index (χ0n) is 8.89. The van der Waals surface area contributed by atoms with Crippen LogP contribution in [0.25, 0.3) is 0 Å². The molecular formula is C9H13ClN4OS. The monoisotopic (exact) mass is 260 g/mol. The molecule has 1 fully saturated rings. The van der Waals surface area contributed by atoms with E-state index in [0.717, 1.165) is 10.7 Å². The van der Waals surface area contributed by atoms with Gasteiger partial charge in [0.1, 0.15) is 19.3 Å². The summed E-state index contributed by atoms with van der Waals surface area (Å²) in [6.07, 6.45) is 3.36. The van der Waals surface area contributed by atoms with E-state index in [-0.39, 0.29) is 0 Å². The summed E-state index contributed by atoms with van der Waals surface area (Å²) in [5, 5.41) is 0. The van der Waals surface area contributed by atoms with E-state index >= 15 is 0 Å². The highest BCUT2D eigenvalue weighted by molar-refractivity contribution is 7.15. The molecule has 16 heavy (non-hydrogen) atoms. The van der Waals surface area contributed by atoms with Gasteiger partial charge in [0.25, 0.3) is 0 Å². The van der Waals surface area contributed by atoms with Crippen LogP contribution in [0.1, 0.15) is 4.88 Å². The molecule has 0 amide bonds. The summed E-state index contributed by atoms with van der Waals surface area (Å²) in [5.41, 5.74) is 5.60. The van der Waals surface area contributed by atoms with Crippen molar-refractivity contribution in [3.8, 4) is 0 Å². The van der Waals surface area contributed by atoms with Gasteiger partial charge in [-0.05, 0) is 0 Å². The van der Waals surface area contributed by atoms with Gasteiger partial charge in [0.15, 0.2) is 4.47 Å². The molecule has 0 radical (unpaired) electrons. The second-order valence-electron chi connectivity index (χ2n) is 3.46. The standard InChI is InChI=1S/C9H13ClN4OS/c1-13-5-15-6-14(8(13)2-11)4-7-3-12-9(10)16-7/h2-3H,4-6,11H2,1H3/b8-2+. The minimum atomic E-state index is 0.531. The van der Waals surface area contributed by atoms with Gasteiger partial charge in [-0.2, -0.15) is 0 Å². The predicted molar refractivity (Wildman–Crippen MR) is 63.5 cm³/mol. The topological polar surface area (TPSA) is 54.6 Å². The lowest BCUT2D eigenvalue weighted by atomic mass is 10.4. The summed E-state index contributed by atoms with van der Waals surface area (Å²) in [6.45, 7) is 1.80. The molecule has 1 aromatic rings. The molecule has 88 valence electrons. The first-order chi connectivity index (χ1) is 7.70. The van der Waals surface area contributed by atoms with Gasteiger partial charge in [-0.1, -0.05) is 11.6 Å². The molecule has 1 aliphatic heterocycles. The molecule has 2 rings (SSSR count). The van der Waals surface area contributed by atoms with Crippen LogP contribution in [0.5, 0.6) is 0 Å². The number of hydrogen-bond donors (Lipinski definition) is 1. The summed E-state index contributed by atoms with van der Waals surface area (Å²) in [6, 6.07) is 0. The van der Waals surface area contributed by atoms with Crippen LogP contribution in [0, 0.1) is 0 Å². The van der Waals surface area contributed by atoms with Gasteiger partial charge in [-0.25, -0.2) is 4.98 Å². The molecule has 1 aliphatic rings. The number of aromatic nitrogens is 1. The van der Waals surface area contributed by atoms with E-state index in [1.165, 1.54) is 11.3 Å². The average Bonchev–Trinajstić information content (AvgIpc) is 2.64. The van der Waals surface area contributed by atoms with Gasteiger partial charge in [0.2, 0.25) is 0 Å². The maximum atomic E-state index is 5.78. The Balaban J connectivity index is 2.08. The van der Waals surface area contributed by atoms with Crippen LogP contribution in [0.2, 0.25) is 4.47 Å². The number of rotatable bonds is 2. The maximum absolute atomic E-state index is 5.78. The van der Waals surface area contributed by atoms with Crippen molar-refractivity contribution in [2.75, 3.05) is 20.5 Å². The lowest BCUT2D eigenvalue weighted by Crippen LogP contribution is -2.42. The average molecular weight is 261 g/mol. The molecule has 1 saturated heterocycles. The Morgan fingerprint density at radius 1 is 1.69 bits per heavy atom. The fourth-order valence-corrected chi connectivity index (χ4v) is 2.56. The van der Waals surface area contributed by atoms with E-state index in [1.807, 2.05) is 16.8 Å². The lowest BCUT2D eigenvalue weighted by molar-refractivity contribution is -0.0667. The van der Waals surface area contributed by atoms with Gasteiger partial charge in [-0.15, -0.1) is 11.3 Å². The Morgan fingerprint density at radius 2 is 2.50 bits per heavy atom. The van der Waals surface area contributed by atoms with E-state index in [0.29, 0.717) is 24.5 Å². The SMILES string of the molecule is CN1COCN(Cc2cnc(Cl)s2)/C1=C/N. The highest BCUT2D eigenvalue weighted by Gasteiger charge is 2.20. The molecule has 5 nitrogen and oxygen atoms in total. The van der Waals surface area contributed by atoms with Crippen LogP contribution in [-0.2, 0) is 11.3 Å². The van der Waals surface area contributed by atoms with Crippen molar-refractivity contribution in [1.82, 2.24) is 14.8 Å². The summed E-state index contributed by atoms with van der Waals surface area (Å²) in [7, 11) is 1.94. The van der Waals surface area contributed by atoms with E-state index in [9.17, 15) is 0 Å². The Labute approximate surface area is 103 Å². The Morgan fingerprint density at radius 3 is 3.12 bits per heavy atom. The number of hydrogen-bond acceptors (Lipinski definition) is 6. The van der Waals surface area contributed by atoms with E-state index in [2.05, 4.69) is 4.98 Å². The summed E-state index contributed by atoms with van der Waals surface area (Å²) in [4.78, 5) is 9.08. The van der Waals surface area contributed by atoms with E-state index in [4.69, 9.17) is 22.1 Å². The second-order valence-corrected chi connectivity index (χ2v) is 5.16. The molecule has 0 spiro atoms. The van der Waals surface area contributed by atoms with Gasteiger partial charge in [0.05, 0.1) is 6.54 Å². The van der Waals surface area contributed by atoms with Crippen molar-refractivity contribution in [3.05, 3.63) is 27.6 Å². The zero-order chi connectivity index (χ0) is 11.5. The fraction of sp³-hybridized carbons (Fsp3) is 0.444. The fourth-order valence-electron chi connectivity index (χ4n) is 1.57.